The zero-order valence-electron chi connectivity index (χ0n) is 15.5. The highest BCUT2D eigenvalue weighted by atomic mass is 32.2. The van der Waals surface area contributed by atoms with Crippen LogP contribution in [0.1, 0.15) is 12.0 Å². The van der Waals surface area contributed by atoms with Crippen molar-refractivity contribution in [3.8, 4) is 0 Å². The van der Waals surface area contributed by atoms with Gasteiger partial charge in [-0.25, -0.2) is 18.7 Å². The number of carboxylic acids is 1. The third kappa shape index (κ3) is 5.09. The van der Waals surface area contributed by atoms with Gasteiger partial charge in [0.2, 0.25) is 0 Å². The number of rotatable bonds is 3. The monoisotopic (exact) mass is 451 g/mol. The van der Waals surface area contributed by atoms with E-state index in [1.807, 2.05) is 29.2 Å². The Morgan fingerprint density at radius 3 is 2.30 bits per heavy atom. The molecule has 1 amide bonds. The third-order valence-electron chi connectivity index (χ3n) is 4.73. The quantitative estimate of drug-likeness (QED) is 0.296. The molecule has 1 aromatic rings. The van der Waals surface area contributed by atoms with Gasteiger partial charge in [0.1, 0.15) is 4.75 Å². The standard InChI is InChI=1S/C15H19N3O4S.C2HF3O2/c16-12-7-15(23(21,22)8-12)9-18(10-15)13-4-2-1-3-11(13)5-6-14(19)17-20;3-2(4,5)1(6)7/h1-6,12,20H,7-10,16H2,(H,17,19);(H,6,7)/b6-5+;. The number of alkyl halides is 3. The highest BCUT2D eigenvalue weighted by Crippen LogP contribution is 2.42. The molecule has 0 radical (unpaired) electrons. The third-order valence-corrected chi connectivity index (χ3v) is 7.34. The van der Waals surface area contributed by atoms with Crippen LogP contribution in [-0.2, 0) is 19.4 Å². The lowest BCUT2D eigenvalue weighted by molar-refractivity contribution is -0.192. The van der Waals surface area contributed by atoms with Gasteiger partial charge in [0.05, 0.1) is 5.75 Å². The molecular formula is C17H20F3N3O6S. The molecular weight excluding hydrogens is 431 g/mol. The molecule has 0 bridgehead atoms. The Morgan fingerprint density at radius 1 is 1.27 bits per heavy atom. The van der Waals surface area contributed by atoms with Crippen LogP contribution in [0.2, 0.25) is 0 Å². The number of nitrogens with zero attached hydrogens (tertiary/aromatic N) is 1. The number of carboxylic acid groups (broad SMARTS) is 1. The van der Waals surface area contributed by atoms with Crippen molar-refractivity contribution < 1.29 is 41.5 Å². The van der Waals surface area contributed by atoms with Crippen LogP contribution >= 0.6 is 0 Å². The minimum Gasteiger partial charge on any atom is -0.475 e. The Hall–Kier alpha value is -2.64. The van der Waals surface area contributed by atoms with E-state index < -0.39 is 32.6 Å². The van der Waals surface area contributed by atoms with Gasteiger partial charge in [0.15, 0.2) is 9.84 Å². The summed E-state index contributed by atoms with van der Waals surface area (Å²) < 4.78 is 55.6. The Kier molecular flexibility index (Phi) is 6.79. The first kappa shape index (κ1) is 23.6. The van der Waals surface area contributed by atoms with E-state index >= 15 is 0 Å². The van der Waals surface area contributed by atoms with E-state index in [0.717, 1.165) is 11.3 Å². The van der Waals surface area contributed by atoms with Gasteiger partial charge in [0.25, 0.3) is 5.91 Å². The minimum atomic E-state index is -5.08. The fourth-order valence-electron chi connectivity index (χ4n) is 3.39. The zero-order chi connectivity index (χ0) is 22.7. The molecule has 30 heavy (non-hydrogen) atoms. The van der Waals surface area contributed by atoms with Crippen LogP contribution in [0.25, 0.3) is 6.08 Å². The number of para-hydroxylation sites is 1. The Balaban J connectivity index is 0.000000396. The summed E-state index contributed by atoms with van der Waals surface area (Å²) in [5, 5.41) is 15.7. The molecule has 1 unspecified atom stereocenters. The number of aliphatic carboxylic acids is 1. The highest BCUT2D eigenvalue weighted by molar-refractivity contribution is 7.93. The van der Waals surface area contributed by atoms with Gasteiger partial charge in [0, 0.05) is 30.9 Å². The van der Waals surface area contributed by atoms with Crippen LogP contribution in [0, 0.1) is 0 Å². The topological polar surface area (TPSA) is 150 Å². The average Bonchev–Trinajstić information content (AvgIpc) is 2.86. The largest absolute Gasteiger partial charge is 0.490 e. The molecule has 166 valence electrons. The lowest BCUT2D eigenvalue weighted by Gasteiger charge is -2.48. The molecule has 2 saturated heterocycles. The second-order valence-electron chi connectivity index (χ2n) is 6.96. The molecule has 2 heterocycles. The molecule has 0 aliphatic carbocycles. The maximum Gasteiger partial charge on any atom is 0.490 e. The number of benzene rings is 1. The summed E-state index contributed by atoms with van der Waals surface area (Å²) in [6.07, 6.45) is -1.78. The van der Waals surface area contributed by atoms with Crippen molar-refractivity contribution in [1.29, 1.82) is 0 Å². The number of nitrogens with one attached hydrogen (secondary N) is 1. The number of hydrogen-bond donors (Lipinski definition) is 4. The minimum absolute atomic E-state index is 0.0546. The number of halogens is 3. The number of carbonyl (C=O) groups excluding carboxylic acids is 1. The van der Waals surface area contributed by atoms with E-state index in [0.29, 0.717) is 19.5 Å². The molecule has 3 rings (SSSR count). The predicted molar refractivity (Wildman–Crippen MR) is 100 cm³/mol. The van der Waals surface area contributed by atoms with Gasteiger partial charge in [-0.1, -0.05) is 18.2 Å². The molecule has 2 fully saturated rings. The lowest BCUT2D eigenvalue weighted by atomic mass is 9.91. The first-order valence-corrected chi connectivity index (χ1v) is 10.2. The second kappa shape index (κ2) is 8.62. The van der Waals surface area contributed by atoms with E-state index in [9.17, 15) is 26.4 Å². The smallest absolute Gasteiger partial charge is 0.475 e. The van der Waals surface area contributed by atoms with E-state index in [2.05, 4.69) is 0 Å². The summed E-state index contributed by atoms with van der Waals surface area (Å²) in [5.41, 5.74) is 9.00. The van der Waals surface area contributed by atoms with Crippen molar-refractivity contribution in [1.82, 2.24) is 5.48 Å². The Labute approximate surface area is 169 Å². The van der Waals surface area contributed by atoms with E-state index in [-0.39, 0.29) is 11.8 Å². The van der Waals surface area contributed by atoms with E-state index in [1.165, 1.54) is 11.6 Å². The molecule has 13 heteroatoms. The van der Waals surface area contributed by atoms with Crippen molar-refractivity contribution in [3.05, 3.63) is 35.9 Å². The van der Waals surface area contributed by atoms with Crippen LogP contribution in [0.4, 0.5) is 18.9 Å². The molecule has 0 aromatic heterocycles. The number of amides is 1. The maximum atomic E-state index is 12.3. The molecule has 2 aliphatic heterocycles. The highest BCUT2D eigenvalue weighted by Gasteiger charge is 2.58. The van der Waals surface area contributed by atoms with Crippen LogP contribution < -0.4 is 16.1 Å². The number of hydroxylamine groups is 1. The van der Waals surface area contributed by atoms with Gasteiger partial charge < -0.3 is 15.7 Å². The summed E-state index contributed by atoms with van der Waals surface area (Å²) in [7, 11) is -3.16. The van der Waals surface area contributed by atoms with Crippen molar-refractivity contribution in [2.24, 2.45) is 5.73 Å². The summed E-state index contributed by atoms with van der Waals surface area (Å²) in [6, 6.07) is 7.11. The normalized spacial score (nSPS) is 21.6. The molecule has 1 spiro atoms. The molecule has 2 aliphatic rings. The number of nitrogens with two attached hydrogens (primary N) is 1. The number of sulfone groups is 1. The van der Waals surface area contributed by atoms with Crippen LogP contribution in [0.15, 0.2) is 30.3 Å². The number of carbonyl (C=O) groups is 2. The van der Waals surface area contributed by atoms with Gasteiger partial charge >= 0.3 is 12.1 Å². The van der Waals surface area contributed by atoms with Crippen molar-refractivity contribution in [3.63, 3.8) is 0 Å². The molecule has 1 aromatic carbocycles. The van der Waals surface area contributed by atoms with Gasteiger partial charge in [-0.05, 0) is 24.1 Å². The van der Waals surface area contributed by atoms with Gasteiger partial charge in [-0.15, -0.1) is 0 Å². The summed E-state index contributed by atoms with van der Waals surface area (Å²) in [4.78, 5) is 22.0. The number of anilines is 1. The van der Waals surface area contributed by atoms with Crippen molar-refractivity contribution >= 4 is 33.5 Å². The van der Waals surface area contributed by atoms with Gasteiger partial charge in [-0.3, -0.25) is 10.0 Å². The van der Waals surface area contributed by atoms with Crippen LogP contribution in [0.5, 0.6) is 0 Å². The lowest BCUT2D eigenvalue weighted by Crippen LogP contribution is -2.64. The van der Waals surface area contributed by atoms with Gasteiger partial charge in [-0.2, -0.15) is 13.2 Å². The predicted octanol–water partition coefficient (Wildman–Crippen LogP) is 0.543. The van der Waals surface area contributed by atoms with E-state index in [1.54, 1.807) is 6.08 Å². The Morgan fingerprint density at radius 2 is 1.83 bits per heavy atom. The van der Waals surface area contributed by atoms with Crippen molar-refractivity contribution in [2.75, 3.05) is 23.7 Å². The zero-order valence-corrected chi connectivity index (χ0v) is 16.3. The first-order chi connectivity index (χ1) is 13.8. The molecule has 0 saturated carbocycles. The summed E-state index contributed by atoms with van der Waals surface area (Å²) in [5.74, 6) is -3.32. The summed E-state index contributed by atoms with van der Waals surface area (Å²) >= 11 is 0. The summed E-state index contributed by atoms with van der Waals surface area (Å²) in [6.45, 7) is 0.833. The van der Waals surface area contributed by atoms with Crippen molar-refractivity contribution in [2.45, 2.75) is 23.4 Å². The fourth-order valence-corrected chi connectivity index (χ4v) is 5.60. The second-order valence-corrected chi connectivity index (χ2v) is 9.38. The van der Waals surface area contributed by atoms with Crippen LogP contribution in [-0.4, -0.2) is 66.4 Å². The fraction of sp³-hybridized carbons (Fsp3) is 0.412. The first-order valence-electron chi connectivity index (χ1n) is 8.55. The van der Waals surface area contributed by atoms with E-state index in [4.69, 9.17) is 20.8 Å². The molecule has 1 atom stereocenters. The number of hydrogen-bond acceptors (Lipinski definition) is 7. The molecule has 9 nitrogen and oxygen atoms in total. The SMILES string of the molecule is NC1CC2(CN(c3ccccc3/C=C/C(=O)NO)C2)S(=O)(=O)C1.O=C(O)C(F)(F)F. The van der Waals surface area contributed by atoms with Crippen LogP contribution in [0.3, 0.4) is 0 Å². The average molecular weight is 451 g/mol. The Bertz CT molecular complexity index is 942. The molecule has 5 N–H and O–H groups in total. The maximum absolute atomic E-state index is 12.3.